The molecule has 0 amide bonds. The van der Waals surface area contributed by atoms with E-state index in [0.29, 0.717) is 6.04 Å². The van der Waals surface area contributed by atoms with Crippen molar-refractivity contribution in [2.75, 3.05) is 18.7 Å². The summed E-state index contributed by atoms with van der Waals surface area (Å²) in [6.45, 7) is 0.886. The fraction of sp³-hybridized carbons (Fsp3) is 0.333. The van der Waals surface area contributed by atoms with E-state index in [4.69, 9.17) is 4.84 Å². The van der Waals surface area contributed by atoms with Gasteiger partial charge in [0, 0.05) is 13.0 Å². The van der Waals surface area contributed by atoms with E-state index in [9.17, 15) is 0 Å². The molecule has 1 saturated heterocycles. The molecule has 2 atom stereocenters. The molecule has 0 aliphatic carbocycles. The SMILES string of the molecule is CNC[C@@H]1C[C@@H]2c3ccccc3Cc3ccccc3N2O1. The van der Waals surface area contributed by atoms with Gasteiger partial charge in [-0.3, -0.25) is 4.84 Å². The number of likely N-dealkylation sites (N-methyl/N-ethyl adjacent to an activating group) is 1. The lowest BCUT2D eigenvalue weighted by Gasteiger charge is -2.25. The number of para-hydroxylation sites is 1. The summed E-state index contributed by atoms with van der Waals surface area (Å²) in [4.78, 5) is 6.24. The number of hydrogen-bond donors (Lipinski definition) is 1. The first-order valence-electron chi connectivity index (χ1n) is 7.63. The number of fused-ring (bicyclic) bond motifs is 5. The summed E-state index contributed by atoms with van der Waals surface area (Å²) in [5.41, 5.74) is 5.40. The van der Waals surface area contributed by atoms with Crippen LogP contribution in [0.4, 0.5) is 5.69 Å². The number of benzene rings is 2. The van der Waals surface area contributed by atoms with Crippen molar-refractivity contribution in [3.8, 4) is 0 Å². The van der Waals surface area contributed by atoms with Gasteiger partial charge in [0.25, 0.3) is 0 Å². The van der Waals surface area contributed by atoms with Gasteiger partial charge in [-0.05, 0) is 36.2 Å². The van der Waals surface area contributed by atoms with Gasteiger partial charge in [0.05, 0.1) is 11.7 Å². The van der Waals surface area contributed by atoms with Gasteiger partial charge in [0.1, 0.15) is 6.10 Å². The molecule has 1 N–H and O–H groups in total. The maximum absolute atomic E-state index is 6.24. The molecule has 2 heterocycles. The van der Waals surface area contributed by atoms with E-state index in [0.717, 1.165) is 19.4 Å². The Morgan fingerprint density at radius 3 is 2.71 bits per heavy atom. The van der Waals surface area contributed by atoms with Crippen molar-refractivity contribution in [3.05, 3.63) is 65.2 Å². The molecular weight excluding hydrogens is 260 g/mol. The van der Waals surface area contributed by atoms with E-state index >= 15 is 0 Å². The predicted molar refractivity (Wildman–Crippen MR) is 84.3 cm³/mol. The van der Waals surface area contributed by atoms with Crippen molar-refractivity contribution < 1.29 is 4.84 Å². The molecule has 3 heteroatoms. The second kappa shape index (κ2) is 5.17. The van der Waals surface area contributed by atoms with E-state index in [1.807, 2.05) is 7.05 Å². The third-order valence-corrected chi connectivity index (χ3v) is 4.49. The number of nitrogens with zero attached hydrogens (tertiary/aromatic N) is 1. The minimum atomic E-state index is 0.235. The smallest absolute Gasteiger partial charge is 0.100 e. The molecule has 21 heavy (non-hydrogen) atoms. The largest absolute Gasteiger partial charge is 0.317 e. The molecule has 4 rings (SSSR count). The van der Waals surface area contributed by atoms with E-state index in [-0.39, 0.29) is 6.10 Å². The summed E-state index contributed by atoms with van der Waals surface area (Å²) in [6.07, 6.45) is 2.25. The highest BCUT2D eigenvalue weighted by Gasteiger charge is 2.38. The molecule has 1 fully saturated rings. The summed E-state index contributed by atoms with van der Waals surface area (Å²) in [5, 5.41) is 5.37. The maximum atomic E-state index is 6.24. The second-order valence-corrected chi connectivity index (χ2v) is 5.87. The molecule has 2 aliphatic heterocycles. The lowest BCUT2D eigenvalue weighted by Crippen LogP contribution is -2.26. The van der Waals surface area contributed by atoms with Gasteiger partial charge in [-0.25, -0.2) is 5.06 Å². The fourth-order valence-corrected chi connectivity index (χ4v) is 3.55. The monoisotopic (exact) mass is 280 g/mol. The first-order valence-corrected chi connectivity index (χ1v) is 7.63. The van der Waals surface area contributed by atoms with Gasteiger partial charge in [0.2, 0.25) is 0 Å². The van der Waals surface area contributed by atoms with Gasteiger partial charge in [0.15, 0.2) is 0 Å². The molecule has 0 aromatic heterocycles. The molecule has 3 nitrogen and oxygen atoms in total. The minimum Gasteiger partial charge on any atom is -0.317 e. The minimum absolute atomic E-state index is 0.235. The zero-order valence-corrected chi connectivity index (χ0v) is 12.3. The van der Waals surface area contributed by atoms with Crippen LogP contribution in [0.5, 0.6) is 0 Å². The van der Waals surface area contributed by atoms with Crippen molar-refractivity contribution in [1.29, 1.82) is 0 Å². The first-order chi connectivity index (χ1) is 10.4. The fourth-order valence-electron chi connectivity index (χ4n) is 3.55. The van der Waals surface area contributed by atoms with Crippen LogP contribution < -0.4 is 10.4 Å². The predicted octanol–water partition coefficient (Wildman–Crippen LogP) is 3.06. The average Bonchev–Trinajstić information content (AvgIpc) is 2.87. The first kappa shape index (κ1) is 12.9. The third kappa shape index (κ3) is 2.13. The number of nitrogens with one attached hydrogen (secondary N) is 1. The van der Waals surface area contributed by atoms with Gasteiger partial charge in [-0.2, -0.15) is 0 Å². The Bertz CT molecular complexity index is 602. The molecule has 108 valence electrons. The van der Waals surface area contributed by atoms with Crippen LogP contribution >= 0.6 is 0 Å². The van der Waals surface area contributed by atoms with Crippen molar-refractivity contribution in [1.82, 2.24) is 5.32 Å². The van der Waals surface area contributed by atoms with Crippen LogP contribution in [-0.2, 0) is 11.3 Å². The van der Waals surface area contributed by atoms with Gasteiger partial charge in [-0.15, -0.1) is 0 Å². The molecule has 0 unspecified atom stereocenters. The normalized spacial score (nSPS) is 23.2. The molecule has 0 radical (unpaired) electrons. The Kier molecular flexibility index (Phi) is 3.17. The van der Waals surface area contributed by atoms with Crippen molar-refractivity contribution >= 4 is 5.69 Å². The van der Waals surface area contributed by atoms with Crippen LogP contribution in [0.2, 0.25) is 0 Å². The third-order valence-electron chi connectivity index (χ3n) is 4.49. The summed E-state index contributed by atoms with van der Waals surface area (Å²) in [5.74, 6) is 0. The molecule has 2 aliphatic rings. The summed E-state index contributed by atoms with van der Waals surface area (Å²) < 4.78 is 0. The van der Waals surface area contributed by atoms with Crippen LogP contribution in [-0.4, -0.2) is 19.7 Å². The summed E-state index contributed by atoms with van der Waals surface area (Å²) >= 11 is 0. The van der Waals surface area contributed by atoms with Crippen molar-refractivity contribution in [2.24, 2.45) is 0 Å². The van der Waals surface area contributed by atoms with Crippen molar-refractivity contribution in [2.45, 2.75) is 25.0 Å². The molecule has 0 spiro atoms. The van der Waals surface area contributed by atoms with Crippen LogP contribution in [0.15, 0.2) is 48.5 Å². The molecule has 0 bridgehead atoms. The zero-order valence-electron chi connectivity index (χ0n) is 12.3. The zero-order chi connectivity index (χ0) is 14.2. The average molecular weight is 280 g/mol. The van der Waals surface area contributed by atoms with Gasteiger partial charge >= 0.3 is 0 Å². The molecule has 2 aromatic rings. The topological polar surface area (TPSA) is 24.5 Å². The van der Waals surface area contributed by atoms with Crippen LogP contribution in [0.25, 0.3) is 0 Å². The van der Waals surface area contributed by atoms with Gasteiger partial charge < -0.3 is 5.32 Å². The quantitative estimate of drug-likeness (QED) is 0.915. The molecule has 2 aromatic carbocycles. The lowest BCUT2D eigenvalue weighted by molar-refractivity contribution is 0.0845. The Balaban J connectivity index is 1.83. The number of anilines is 1. The Hall–Kier alpha value is -1.84. The Morgan fingerprint density at radius 1 is 1.10 bits per heavy atom. The van der Waals surface area contributed by atoms with Crippen LogP contribution in [0.3, 0.4) is 0 Å². The number of hydroxylamine groups is 1. The van der Waals surface area contributed by atoms with E-state index in [1.165, 1.54) is 22.4 Å². The molecule has 0 saturated carbocycles. The van der Waals surface area contributed by atoms with Crippen molar-refractivity contribution in [3.63, 3.8) is 0 Å². The Labute approximate surface area is 125 Å². The Morgan fingerprint density at radius 2 is 1.86 bits per heavy atom. The highest BCUT2D eigenvalue weighted by molar-refractivity contribution is 5.59. The highest BCUT2D eigenvalue weighted by atomic mass is 16.7. The maximum Gasteiger partial charge on any atom is 0.100 e. The number of hydrogen-bond acceptors (Lipinski definition) is 3. The van der Waals surface area contributed by atoms with Crippen LogP contribution in [0, 0.1) is 0 Å². The number of rotatable bonds is 2. The molecular formula is C18H20N2O. The van der Waals surface area contributed by atoms with E-state index in [2.05, 4.69) is 58.9 Å². The van der Waals surface area contributed by atoms with E-state index in [1.54, 1.807) is 0 Å². The summed E-state index contributed by atoms with van der Waals surface area (Å²) in [6, 6.07) is 17.7. The van der Waals surface area contributed by atoms with Gasteiger partial charge in [-0.1, -0.05) is 42.5 Å². The summed E-state index contributed by atoms with van der Waals surface area (Å²) in [7, 11) is 1.98. The highest BCUT2D eigenvalue weighted by Crippen LogP contribution is 2.43. The van der Waals surface area contributed by atoms with Crippen LogP contribution in [0.1, 0.15) is 29.2 Å². The second-order valence-electron chi connectivity index (χ2n) is 5.87. The lowest BCUT2D eigenvalue weighted by atomic mass is 9.95. The standard InChI is InChI=1S/C18H20N2O/c1-19-12-15-11-18-16-8-4-2-6-13(16)10-14-7-3-5-9-17(14)20(18)21-15/h2-9,15,18-19H,10-12H2,1H3/t15-,18+/m0/s1. The van der Waals surface area contributed by atoms with E-state index < -0.39 is 0 Å².